The van der Waals surface area contributed by atoms with E-state index in [2.05, 4.69) is 20.0 Å². The van der Waals surface area contributed by atoms with E-state index in [9.17, 15) is 19.9 Å². The lowest BCUT2D eigenvalue weighted by molar-refractivity contribution is -0.144. The molecule has 1 saturated heterocycles. The van der Waals surface area contributed by atoms with Crippen LogP contribution in [0, 0.1) is 0 Å². The molecule has 16 heteroatoms. The molecule has 0 saturated carbocycles. The minimum atomic E-state index is -3.37. The molecule has 6 atom stereocenters. The largest absolute Gasteiger partial charge is 0.479 e. The molecule has 208 valence electrons. The molecular weight excluding hydrogens is 551 g/mol. The molecule has 0 bridgehead atoms. The van der Waals surface area contributed by atoms with Gasteiger partial charge in [0.2, 0.25) is 11.8 Å². The molecule has 4 heterocycles. The number of nitrogen functional groups attached to an aromatic ring is 1. The fourth-order valence-electron chi connectivity index (χ4n) is 4.27. The van der Waals surface area contributed by atoms with E-state index in [1.54, 1.807) is 6.92 Å². The first-order valence-corrected chi connectivity index (χ1v) is 15.0. The molecule has 0 spiro atoms. The SMILES string of the molecule is COc1nc(N)nc2c1ncn2[C@@H]1OC(CO[P+]2(O)NC(C(=O)O[C@@H](C)c3ccccc3)=CS2)[C@@H](O)[C@@]1(C)O. The number of hydrogen-bond donors (Lipinski definition) is 5. The van der Waals surface area contributed by atoms with Crippen LogP contribution in [0.1, 0.15) is 31.7 Å². The number of hydrogen-bond acceptors (Lipinski definition) is 14. The first-order valence-electron chi connectivity index (χ1n) is 11.8. The maximum Gasteiger partial charge on any atom is 0.440 e. The smallest absolute Gasteiger partial charge is 0.440 e. The van der Waals surface area contributed by atoms with E-state index < -0.39 is 43.2 Å². The standard InChI is InChI=1S/C23H28N6O8PS/c1-12(13-7-5-4-6-8-13)36-20(31)14-10-39-38(33,28-14)35-9-15-17(30)23(2,32)21(37-15)29-11-25-16-18(29)26-22(24)27-19(16)34-3/h4-8,10-12,15,17,21,28,30,32-33H,9H2,1-3H3,(H2,24,26,27)/q+1/t12-,15?,17+,21+,23+,38?/m0/s1. The lowest BCUT2D eigenvalue weighted by Gasteiger charge is -2.27. The third-order valence-electron chi connectivity index (χ3n) is 6.37. The average molecular weight is 580 g/mol. The van der Waals surface area contributed by atoms with Gasteiger partial charge in [0, 0.05) is 0 Å². The number of imidazole rings is 1. The molecule has 1 fully saturated rings. The summed E-state index contributed by atoms with van der Waals surface area (Å²) >= 11 is 0.905. The number of esters is 1. The van der Waals surface area contributed by atoms with Crippen LogP contribution in [-0.4, -0.2) is 72.1 Å². The molecule has 6 N–H and O–H groups in total. The molecule has 0 amide bonds. The van der Waals surface area contributed by atoms with E-state index in [0.29, 0.717) is 5.52 Å². The van der Waals surface area contributed by atoms with Crippen molar-refractivity contribution in [2.45, 2.75) is 44.0 Å². The number of nitrogens with two attached hydrogens (primary N) is 1. The van der Waals surface area contributed by atoms with Crippen LogP contribution in [0.5, 0.6) is 5.88 Å². The highest BCUT2D eigenvalue weighted by atomic mass is 32.7. The Bertz CT molecular complexity index is 1410. The van der Waals surface area contributed by atoms with Crippen LogP contribution in [0.4, 0.5) is 5.95 Å². The Morgan fingerprint density at radius 1 is 1.36 bits per heavy atom. The van der Waals surface area contributed by atoms with Gasteiger partial charge in [-0.05, 0) is 19.4 Å². The van der Waals surface area contributed by atoms with E-state index in [1.165, 1.54) is 30.3 Å². The highest BCUT2D eigenvalue weighted by Gasteiger charge is 2.56. The number of fused-ring (bicyclic) bond motifs is 1. The zero-order chi connectivity index (χ0) is 27.9. The summed E-state index contributed by atoms with van der Waals surface area (Å²) in [5, 5.41) is 26.1. The Morgan fingerprint density at radius 2 is 2.10 bits per heavy atom. The van der Waals surface area contributed by atoms with Gasteiger partial charge in [-0.2, -0.15) is 24.5 Å². The molecule has 39 heavy (non-hydrogen) atoms. The quantitative estimate of drug-likeness (QED) is 0.191. The van der Waals surface area contributed by atoms with E-state index in [0.717, 1.165) is 16.9 Å². The zero-order valence-electron chi connectivity index (χ0n) is 21.2. The predicted octanol–water partition coefficient (Wildman–Crippen LogP) is 1.60. The van der Waals surface area contributed by atoms with Gasteiger partial charge >= 0.3 is 13.0 Å². The molecule has 2 aliphatic rings. The van der Waals surface area contributed by atoms with Crippen molar-refractivity contribution in [3.63, 3.8) is 0 Å². The number of carbonyl (C=O) groups excluding carboxylic acids is 1. The van der Waals surface area contributed by atoms with Crippen molar-refractivity contribution in [3.05, 3.63) is 53.3 Å². The third-order valence-corrected chi connectivity index (χ3v) is 9.78. The lowest BCUT2D eigenvalue weighted by atomic mass is 9.96. The van der Waals surface area contributed by atoms with Crippen molar-refractivity contribution in [1.29, 1.82) is 0 Å². The van der Waals surface area contributed by atoms with E-state index in [4.69, 9.17) is 24.5 Å². The molecule has 5 rings (SSSR count). The van der Waals surface area contributed by atoms with Gasteiger partial charge in [-0.3, -0.25) is 4.57 Å². The Kier molecular flexibility index (Phi) is 7.41. The normalized spacial score (nSPS) is 29.2. The predicted molar refractivity (Wildman–Crippen MR) is 142 cm³/mol. The van der Waals surface area contributed by atoms with E-state index in [-0.39, 0.29) is 29.8 Å². The summed E-state index contributed by atoms with van der Waals surface area (Å²) in [6.45, 7) is 2.84. The second-order valence-electron chi connectivity index (χ2n) is 9.14. The Morgan fingerprint density at radius 3 is 2.82 bits per heavy atom. The first-order chi connectivity index (χ1) is 18.5. The first kappa shape index (κ1) is 27.5. The van der Waals surface area contributed by atoms with Crippen LogP contribution in [-0.2, 0) is 18.8 Å². The topological polar surface area (TPSA) is 196 Å². The molecule has 3 aromatic rings. The summed E-state index contributed by atoms with van der Waals surface area (Å²) in [6.07, 6.45) is -2.73. The van der Waals surface area contributed by atoms with Gasteiger partial charge in [0.05, 0.1) is 18.8 Å². The Balaban J connectivity index is 1.23. The summed E-state index contributed by atoms with van der Waals surface area (Å²) in [4.78, 5) is 35.9. The van der Waals surface area contributed by atoms with Crippen molar-refractivity contribution in [3.8, 4) is 5.88 Å². The van der Waals surface area contributed by atoms with Gasteiger partial charge in [-0.15, -0.1) is 0 Å². The number of ether oxygens (including phenoxy) is 3. The van der Waals surface area contributed by atoms with Crippen molar-refractivity contribution in [1.82, 2.24) is 24.6 Å². The highest BCUT2D eigenvalue weighted by Crippen LogP contribution is 2.68. The summed E-state index contributed by atoms with van der Waals surface area (Å²) in [5.74, 6) is -0.580. The average Bonchev–Trinajstić information content (AvgIpc) is 3.57. The molecule has 14 nitrogen and oxygen atoms in total. The fourth-order valence-corrected chi connectivity index (χ4v) is 7.32. The van der Waals surface area contributed by atoms with Gasteiger partial charge in [0.25, 0.3) is 0 Å². The number of methoxy groups -OCH3 is 1. The molecule has 0 aliphatic carbocycles. The van der Waals surface area contributed by atoms with E-state index >= 15 is 0 Å². The summed E-state index contributed by atoms with van der Waals surface area (Å²) in [7, 11) is -1.97. The molecule has 1 aromatic carbocycles. The van der Waals surface area contributed by atoms with Gasteiger partial charge in [0.1, 0.15) is 41.9 Å². The highest BCUT2D eigenvalue weighted by molar-refractivity contribution is 8.60. The molecule has 0 radical (unpaired) electrons. The Hall–Kier alpha value is -3.04. The van der Waals surface area contributed by atoms with Gasteiger partial charge in [-0.1, -0.05) is 30.3 Å². The second-order valence-corrected chi connectivity index (χ2v) is 13.2. The molecular formula is C23H28N6O8PS+. The van der Waals surface area contributed by atoms with Crippen LogP contribution < -0.4 is 15.6 Å². The molecule has 2 aliphatic heterocycles. The number of aliphatic hydroxyl groups is 2. The third kappa shape index (κ3) is 5.26. The number of anilines is 1. The van der Waals surface area contributed by atoms with Gasteiger partial charge in [-0.25, -0.2) is 9.78 Å². The number of nitrogens with one attached hydrogen (secondary N) is 1. The lowest BCUT2D eigenvalue weighted by Crippen LogP contribution is -2.44. The molecule has 2 aromatic heterocycles. The van der Waals surface area contributed by atoms with Crippen LogP contribution in [0.3, 0.4) is 0 Å². The van der Waals surface area contributed by atoms with Crippen LogP contribution in [0.25, 0.3) is 11.2 Å². The van der Waals surface area contributed by atoms with Crippen molar-refractivity contribution in [2.75, 3.05) is 19.5 Å². The summed E-state index contributed by atoms with van der Waals surface area (Å²) in [6, 6.07) is 9.24. The van der Waals surface area contributed by atoms with E-state index in [1.807, 2.05) is 30.3 Å². The maximum atomic E-state index is 12.6. The molecule has 2 unspecified atom stereocenters. The second kappa shape index (κ2) is 10.5. The number of rotatable bonds is 8. The Labute approximate surface area is 227 Å². The minimum absolute atomic E-state index is 0.0486. The number of aromatic nitrogens is 4. The van der Waals surface area contributed by atoms with Crippen LogP contribution in [0.15, 0.2) is 47.8 Å². The maximum absolute atomic E-state index is 12.6. The number of benzene rings is 1. The summed E-state index contributed by atoms with van der Waals surface area (Å²) in [5.41, 5.74) is 5.38. The monoisotopic (exact) mass is 579 g/mol. The van der Waals surface area contributed by atoms with Gasteiger partial charge < -0.3 is 30.2 Å². The zero-order valence-corrected chi connectivity index (χ0v) is 22.9. The van der Waals surface area contributed by atoms with Crippen LogP contribution in [0.2, 0.25) is 0 Å². The fraction of sp³-hybridized carbons (Fsp3) is 0.391. The minimum Gasteiger partial charge on any atom is -0.479 e. The van der Waals surface area contributed by atoms with Crippen molar-refractivity contribution >= 4 is 41.5 Å². The number of nitrogens with zero attached hydrogens (tertiary/aromatic N) is 4. The van der Waals surface area contributed by atoms with Crippen LogP contribution >= 0.6 is 18.5 Å². The number of aliphatic hydroxyl groups excluding tert-OH is 1. The van der Waals surface area contributed by atoms with Crippen molar-refractivity contribution in [2.24, 2.45) is 0 Å². The summed E-state index contributed by atoms with van der Waals surface area (Å²) < 4.78 is 23.7. The van der Waals surface area contributed by atoms with Gasteiger partial charge in [0.15, 0.2) is 23.1 Å². The number of carbonyl (C=O) groups is 1. The van der Waals surface area contributed by atoms with Crippen molar-refractivity contribution < 1.29 is 38.6 Å².